The van der Waals surface area contributed by atoms with Crippen molar-refractivity contribution in [3.63, 3.8) is 0 Å². The molecule has 21 heavy (non-hydrogen) atoms. The standard InChI is InChI=1S/C15H12F2O3S/c16-15(17,21-11-4-2-1-3-5-11)14(18)10-6-7-12-13(8-10)20-9-19-12/h1-8,14,18H,9H2. The summed E-state index contributed by atoms with van der Waals surface area (Å²) in [5, 5.41) is 6.62. The lowest BCUT2D eigenvalue weighted by Gasteiger charge is -2.22. The molecule has 0 spiro atoms. The minimum atomic E-state index is -3.35. The van der Waals surface area contributed by atoms with E-state index in [1.807, 2.05) is 0 Å². The van der Waals surface area contributed by atoms with Crippen molar-refractivity contribution in [2.75, 3.05) is 6.79 Å². The van der Waals surface area contributed by atoms with Crippen LogP contribution in [0.2, 0.25) is 0 Å². The lowest BCUT2D eigenvalue weighted by Crippen LogP contribution is -2.22. The van der Waals surface area contributed by atoms with Crippen LogP contribution >= 0.6 is 11.8 Å². The zero-order valence-corrected chi connectivity index (χ0v) is 11.6. The Morgan fingerprint density at radius 2 is 1.76 bits per heavy atom. The second-order valence-electron chi connectivity index (χ2n) is 4.49. The Kier molecular flexibility index (Phi) is 3.73. The molecule has 110 valence electrons. The van der Waals surface area contributed by atoms with Gasteiger partial charge in [0.25, 0.3) is 0 Å². The average Bonchev–Trinajstić information content (AvgIpc) is 2.94. The Balaban J connectivity index is 1.81. The van der Waals surface area contributed by atoms with Crippen molar-refractivity contribution in [3.8, 4) is 11.5 Å². The molecule has 0 amide bonds. The minimum Gasteiger partial charge on any atom is -0.454 e. The summed E-state index contributed by atoms with van der Waals surface area (Å²) in [5.41, 5.74) is 0.0904. The molecule has 1 atom stereocenters. The van der Waals surface area contributed by atoms with Crippen molar-refractivity contribution < 1.29 is 23.4 Å². The highest BCUT2D eigenvalue weighted by Gasteiger charge is 2.41. The fourth-order valence-electron chi connectivity index (χ4n) is 1.98. The second kappa shape index (κ2) is 5.54. The molecule has 1 heterocycles. The van der Waals surface area contributed by atoms with Crippen LogP contribution in [0.1, 0.15) is 11.7 Å². The Morgan fingerprint density at radius 1 is 1.05 bits per heavy atom. The molecule has 0 bridgehead atoms. The molecule has 0 radical (unpaired) electrons. The van der Waals surface area contributed by atoms with Crippen LogP contribution in [0.15, 0.2) is 53.4 Å². The number of thioether (sulfide) groups is 1. The molecular weight excluding hydrogens is 298 g/mol. The van der Waals surface area contributed by atoms with Crippen molar-refractivity contribution in [1.29, 1.82) is 0 Å². The van der Waals surface area contributed by atoms with Gasteiger partial charge in [-0.3, -0.25) is 0 Å². The number of benzene rings is 2. The van der Waals surface area contributed by atoms with Crippen LogP contribution in [0, 0.1) is 0 Å². The minimum absolute atomic E-state index is 0.0596. The smallest absolute Gasteiger partial charge is 0.327 e. The lowest BCUT2D eigenvalue weighted by molar-refractivity contribution is -0.0356. The van der Waals surface area contributed by atoms with Crippen LogP contribution in [0.3, 0.4) is 0 Å². The molecule has 6 heteroatoms. The van der Waals surface area contributed by atoms with Crippen LogP contribution in [0.5, 0.6) is 11.5 Å². The van der Waals surface area contributed by atoms with E-state index in [1.165, 1.54) is 18.2 Å². The van der Waals surface area contributed by atoms with Crippen LogP contribution in [0.25, 0.3) is 0 Å². The van der Waals surface area contributed by atoms with Gasteiger partial charge in [-0.15, -0.1) is 0 Å². The van der Waals surface area contributed by atoms with E-state index in [0.29, 0.717) is 28.2 Å². The van der Waals surface area contributed by atoms with Crippen molar-refractivity contribution in [2.24, 2.45) is 0 Å². The van der Waals surface area contributed by atoms with Crippen LogP contribution in [0.4, 0.5) is 8.78 Å². The Hall–Kier alpha value is -1.79. The highest BCUT2D eigenvalue weighted by molar-refractivity contribution is 8.00. The zero-order chi connectivity index (χ0) is 14.9. The summed E-state index contributed by atoms with van der Waals surface area (Å²) in [7, 11) is 0. The van der Waals surface area contributed by atoms with Gasteiger partial charge < -0.3 is 14.6 Å². The number of alkyl halides is 2. The molecule has 3 nitrogen and oxygen atoms in total. The maximum atomic E-state index is 14.2. The van der Waals surface area contributed by atoms with Gasteiger partial charge in [-0.2, -0.15) is 8.78 Å². The summed E-state index contributed by atoms with van der Waals surface area (Å²) in [5.74, 6) is 0.858. The van der Waals surface area contributed by atoms with Gasteiger partial charge in [0.2, 0.25) is 6.79 Å². The van der Waals surface area contributed by atoms with Gasteiger partial charge >= 0.3 is 5.25 Å². The molecule has 2 aromatic rings. The molecule has 1 N–H and O–H groups in total. The maximum Gasteiger partial charge on any atom is 0.327 e. The Morgan fingerprint density at radius 3 is 2.52 bits per heavy atom. The van der Waals surface area contributed by atoms with Crippen LogP contribution in [-0.4, -0.2) is 17.2 Å². The molecule has 1 aliphatic heterocycles. The van der Waals surface area contributed by atoms with E-state index in [9.17, 15) is 13.9 Å². The first kappa shape index (κ1) is 14.2. The van der Waals surface area contributed by atoms with Gasteiger partial charge in [-0.1, -0.05) is 24.3 Å². The third-order valence-electron chi connectivity index (χ3n) is 3.03. The first-order chi connectivity index (χ1) is 10.1. The first-order valence-corrected chi connectivity index (χ1v) is 7.07. The quantitative estimate of drug-likeness (QED) is 0.871. The number of halogens is 2. The summed E-state index contributed by atoms with van der Waals surface area (Å²) >= 11 is 0.327. The molecule has 2 aromatic carbocycles. The van der Waals surface area contributed by atoms with Gasteiger partial charge in [0.05, 0.1) is 0 Å². The molecule has 3 rings (SSSR count). The van der Waals surface area contributed by atoms with E-state index in [-0.39, 0.29) is 12.4 Å². The number of hydrogen-bond donors (Lipinski definition) is 1. The van der Waals surface area contributed by atoms with E-state index in [4.69, 9.17) is 9.47 Å². The Bertz CT molecular complexity index is 634. The number of rotatable bonds is 4. The summed E-state index contributed by atoms with van der Waals surface area (Å²) in [6.07, 6.45) is -1.93. The van der Waals surface area contributed by atoms with Gasteiger partial charge in [0.15, 0.2) is 17.6 Å². The molecule has 0 saturated carbocycles. The third-order valence-corrected chi connectivity index (χ3v) is 4.03. The zero-order valence-electron chi connectivity index (χ0n) is 10.8. The van der Waals surface area contributed by atoms with Crippen molar-refractivity contribution in [2.45, 2.75) is 16.3 Å². The lowest BCUT2D eigenvalue weighted by atomic mass is 10.1. The molecular formula is C15H12F2O3S. The molecule has 0 fully saturated rings. The highest BCUT2D eigenvalue weighted by Crippen LogP contribution is 2.46. The normalized spacial score (nSPS) is 15.0. The van der Waals surface area contributed by atoms with E-state index in [2.05, 4.69) is 0 Å². The third kappa shape index (κ3) is 2.96. The van der Waals surface area contributed by atoms with E-state index in [0.717, 1.165) is 0 Å². The first-order valence-electron chi connectivity index (χ1n) is 6.26. The van der Waals surface area contributed by atoms with E-state index < -0.39 is 11.4 Å². The van der Waals surface area contributed by atoms with Crippen molar-refractivity contribution >= 4 is 11.8 Å². The second-order valence-corrected chi connectivity index (χ2v) is 5.71. The summed E-state index contributed by atoms with van der Waals surface area (Å²) in [6.45, 7) is 0.0596. The van der Waals surface area contributed by atoms with Gasteiger partial charge in [-0.25, -0.2) is 0 Å². The predicted molar refractivity (Wildman–Crippen MR) is 74.8 cm³/mol. The molecule has 0 saturated heterocycles. The maximum absolute atomic E-state index is 14.2. The van der Waals surface area contributed by atoms with E-state index >= 15 is 0 Å². The molecule has 1 aliphatic rings. The van der Waals surface area contributed by atoms with Crippen molar-refractivity contribution in [3.05, 3.63) is 54.1 Å². The predicted octanol–water partition coefficient (Wildman–Crippen LogP) is 3.83. The average molecular weight is 310 g/mol. The molecule has 1 unspecified atom stereocenters. The summed E-state index contributed by atoms with van der Waals surface area (Å²) < 4.78 is 38.6. The van der Waals surface area contributed by atoms with Gasteiger partial charge in [0.1, 0.15) is 0 Å². The van der Waals surface area contributed by atoms with Gasteiger partial charge in [-0.05, 0) is 41.6 Å². The number of ether oxygens (including phenoxy) is 2. The monoisotopic (exact) mass is 310 g/mol. The Labute approximate surface area is 124 Å². The summed E-state index contributed by atoms with van der Waals surface area (Å²) in [4.78, 5) is 0.391. The number of fused-ring (bicyclic) bond motifs is 1. The SMILES string of the molecule is OC(c1ccc2c(c1)OCO2)C(F)(F)Sc1ccccc1. The van der Waals surface area contributed by atoms with Crippen LogP contribution in [-0.2, 0) is 0 Å². The number of hydrogen-bond acceptors (Lipinski definition) is 4. The number of aliphatic hydroxyl groups is 1. The van der Waals surface area contributed by atoms with E-state index in [1.54, 1.807) is 30.3 Å². The molecule has 0 aliphatic carbocycles. The topological polar surface area (TPSA) is 38.7 Å². The van der Waals surface area contributed by atoms with Crippen molar-refractivity contribution in [1.82, 2.24) is 0 Å². The number of aliphatic hydroxyl groups excluding tert-OH is 1. The van der Waals surface area contributed by atoms with Gasteiger partial charge in [0, 0.05) is 4.90 Å². The van der Waals surface area contributed by atoms with Crippen LogP contribution < -0.4 is 9.47 Å². The summed E-state index contributed by atoms with van der Waals surface area (Å²) in [6, 6.07) is 12.6. The fraction of sp³-hybridized carbons (Fsp3) is 0.200. The highest BCUT2D eigenvalue weighted by atomic mass is 32.2. The largest absolute Gasteiger partial charge is 0.454 e. The fourth-order valence-corrected chi connectivity index (χ4v) is 2.83. The molecule has 0 aromatic heterocycles.